The van der Waals surface area contributed by atoms with Gasteiger partial charge in [0, 0.05) is 37.5 Å². The smallest absolute Gasteiger partial charge is 0.262 e. The number of carbonyl (C=O) groups is 3. The van der Waals surface area contributed by atoms with Gasteiger partial charge in [-0.25, -0.2) is 0 Å². The fourth-order valence-electron chi connectivity index (χ4n) is 4.00. The van der Waals surface area contributed by atoms with Gasteiger partial charge in [-0.1, -0.05) is 17.7 Å². The summed E-state index contributed by atoms with van der Waals surface area (Å²) < 4.78 is 11.1. The Morgan fingerprint density at radius 3 is 2.58 bits per heavy atom. The molecule has 4 rings (SSSR count). The van der Waals surface area contributed by atoms with Crippen LogP contribution in [0.15, 0.2) is 48.5 Å². The van der Waals surface area contributed by atoms with Gasteiger partial charge in [0.05, 0.1) is 12.0 Å². The highest BCUT2D eigenvalue weighted by molar-refractivity contribution is 6.00. The van der Waals surface area contributed by atoms with E-state index in [1.54, 1.807) is 29.2 Å². The lowest BCUT2D eigenvalue weighted by Gasteiger charge is -2.18. The maximum absolute atomic E-state index is 12.5. The molecule has 0 unspecified atom stereocenters. The van der Waals surface area contributed by atoms with E-state index in [0.29, 0.717) is 30.2 Å². The van der Waals surface area contributed by atoms with E-state index in [-0.39, 0.29) is 42.8 Å². The van der Waals surface area contributed by atoms with Crippen LogP contribution in [0.2, 0.25) is 0 Å². The van der Waals surface area contributed by atoms with Crippen LogP contribution in [0, 0.1) is 12.8 Å². The van der Waals surface area contributed by atoms with E-state index in [1.165, 1.54) is 0 Å². The van der Waals surface area contributed by atoms with E-state index in [0.717, 1.165) is 25.0 Å². The van der Waals surface area contributed by atoms with E-state index in [9.17, 15) is 14.4 Å². The standard InChI is InChI=1S/C25H29N3O5/c1-17-4-6-19(7-5-17)27-23(29)16-33-21-10-8-20(9-11-21)28-15-18(13-24(28)30)25(31)26-14-22-3-2-12-32-22/h4-11,18,22H,2-3,12-16H2,1H3,(H,26,31)(H,27,29)/t18-,22+/m0/s1. The van der Waals surface area contributed by atoms with Crippen molar-refractivity contribution in [3.05, 3.63) is 54.1 Å². The molecule has 2 saturated heterocycles. The number of hydrogen-bond acceptors (Lipinski definition) is 5. The molecule has 8 heteroatoms. The van der Waals surface area contributed by atoms with Crippen molar-refractivity contribution in [2.45, 2.75) is 32.3 Å². The Morgan fingerprint density at radius 1 is 1.12 bits per heavy atom. The van der Waals surface area contributed by atoms with Crippen LogP contribution in [-0.2, 0) is 19.1 Å². The minimum absolute atomic E-state index is 0.0775. The van der Waals surface area contributed by atoms with Crippen molar-refractivity contribution in [1.29, 1.82) is 0 Å². The van der Waals surface area contributed by atoms with Gasteiger partial charge < -0.3 is 25.0 Å². The lowest BCUT2D eigenvalue weighted by atomic mass is 10.1. The quantitative estimate of drug-likeness (QED) is 0.643. The van der Waals surface area contributed by atoms with Gasteiger partial charge in [-0.2, -0.15) is 0 Å². The summed E-state index contributed by atoms with van der Waals surface area (Å²) in [7, 11) is 0. The van der Waals surface area contributed by atoms with Gasteiger partial charge in [0.2, 0.25) is 11.8 Å². The molecule has 0 saturated carbocycles. The van der Waals surface area contributed by atoms with Crippen LogP contribution in [0.3, 0.4) is 0 Å². The van der Waals surface area contributed by atoms with Crippen molar-refractivity contribution in [3.63, 3.8) is 0 Å². The molecule has 2 aliphatic rings. The molecular weight excluding hydrogens is 422 g/mol. The Balaban J connectivity index is 1.25. The molecule has 2 atom stereocenters. The fraction of sp³-hybridized carbons (Fsp3) is 0.400. The topological polar surface area (TPSA) is 97.0 Å². The maximum Gasteiger partial charge on any atom is 0.262 e. The van der Waals surface area contributed by atoms with Crippen molar-refractivity contribution in [3.8, 4) is 5.75 Å². The number of nitrogens with one attached hydrogen (secondary N) is 2. The van der Waals surface area contributed by atoms with Crippen LogP contribution in [0.1, 0.15) is 24.8 Å². The Hall–Kier alpha value is -3.39. The zero-order valence-electron chi connectivity index (χ0n) is 18.7. The Kier molecular flexibility index (Phi) is 7.24. The molecular formula is C25H29N3O5. The van der Waals surface area contributed by atoms with Crippen LogP contribution in [0.5, 0.6) is 5.75 Å². The molecule has 33 heavy (non-hydrogen) atoms. The first-order valence-electron chi connectivity index (χ1n) is 11.3. The molecule has 2 aromatic carbocycles. The van der Waals surface area contributed by atoms with Crippen LogP contribution in [0.25, 0.3) is 0 Å². The average Bonchev–Trinajstić information content (AvgIpc) is 3.48. The molecule has 2 aromatic rings. The lowest BCUT2D eigenvalue weighted by molar-refractivity contribution is -0.126. The summed E-state index contributed by atoms with van der Waals surface area (Å²) in [4.78, 5) is 38.7. The first-order valence-corrected chi connectivity index (χ1v) is 11.3. The molecule has 0 aliphatic carbocycles. The van der Waals surface area contributed by atoms with E-state index in [1.807, 2.05) is 31.2 Å². The summed E-state index contributed by atoms with van der Waals surface area (Å²) >= 11 is 0. The van der Waals surface area contributed by atoms with Gasteiger partial charge in [0.15, 0.2) is 6.61 Å². The van der Waals surface area contributed by atoms with Gasteiger partial charge in [-0.05, 0) is 56.2 Å². The van der Waals surface area contributed by atoms with Crippen molar-refractivity contribution in [2.75, 3.05) is 36.5 Å². The second kappa shape index (κ2) is 10.5. The van der Waals surface area contributed by atoms with E-state index in [2.05, 4.69) is 10.6 Å². The number of rotatable bonds is 8. The number of ether oxygens (including phenoxy) is 2. The van der Waals surface area contributed by atoms with E-state index < -0.39 is 0 Å². The highest BCUT2D eigenvalue weighted by atomic mass is 16.5. The molecule has 0 spiro atoms. The van der Waals surface area contributed by atoms with E-state index >= 15 is 0 Å². The highest BCUT2D eigenvalue weighted by Gasteiger charge is 2.35. The summed E-state index contributed by atoms with van der Waals surface area (Å²) in [6.07, 6.45) is 2.24. The molecule has 0 bridgehead atoms. The number of anilines is 2. The van der Waals surface area contributed by atoms with Crippen LogP contribution in [0.4, 0.5) is 11.4 Å². The number of hydrogen-bond donors (Lipinski definition) is 2. The summed E-state index contributed by atoms with van der Waals surface area (Å²) in [5.74, 6) is -0.301. The number of benzene rings is 2. The fourth-order valence-corrected chi connectivity index (χ4v) is 4.00. The molecule has 0 aromatic heterocycles. The second-order valence-corrected chi connectivity index (χ2v) is 8.48. The van der Waals surface area contributed by atoms with Crippen LogP contribution >= 0.6 is 0 Å². The monoisotopic (exact) mass is 451 g/mol. The van der Waals surface area contributed by atoms with Crippen molar-refractivity contribution in [1.82, 2.24) is 5.32 Å². The molecule has 0 radical (unpaired) electrons. The third kappa shape index (κ3) is 6.10. The lowest BCUT2D eigenvalue weighted by Crippen LogP contribution is -2.37. The number of nitrogens with zero attached hydrogens (tertiary/aromatic N) is 1. The number of amides is 3. The van der Waals surface area contributed by atoms with Crippen LogP contribution < -0.4 is 20.3 Å². The van der Waals surface area contributed by atoms with Crippen molar-refractivity contribution >= 4 is 29.1 Å². The Labute approximate surface area is 193 Å². The third-order valence-corrected chi connectivity index (χ3v) is 5.88. The summed E-state index contributed by atoms with van der Waals surface area (Å²) in [5.41, 5.74) is 2.53. The first-order chi connectivity index (χ1) is 16.0. The summed E-state index contributed by atoms with van der Waals surface area (Å²) in [6, 6.07) is 14.5. The van der Waals surface area contributed by atoms with E-state index in [4.69, 9.17) is 9.47 Å². The zero-order chi connectivity index (χ0) is 23.2. The molecule has 2 aliphatic heterocycles. The minimum Gasteiger partial charge on any atom is -0.484 e. The van der Waals surface area contributed by atoms with Gasteiger partial charge in [0.25, 0.3) is 5.91 Å². The highest BCUT2D eigenvalue weighted by Crippen LogP contribution is 2.27. The molecule has 174 valence electrons. The van der Waals surface area contributed by atoms with Crippen molar-refractivity contribution < 1.29 is 23.9 Å². The second-order valence-electron chi connectivity index (χ2n) is 8.48. The van der Waals surface area contributed by atoms with Crippen molar-refractivity contribution in [2.24, 2.45) is 5.92 Å². The predicted molar refractivity (Wildman–Crippen MR) is 124 cm³/mol. The SMILES string of the molecule is Cc1ccc(NC(=O)COc2ccc(N3C[C@@H](C(=O)NC[C@H]4CCCO4)CC3=O)cc2)cc1. The number of aryl methyl sites for hydroxylation is 1. The Bertz CT molecular complexity index is 984. The normalized spacial score (nSPS) is 20.0. The predicted octanol–water partition coefficient (Wildman–Crippen LogP) is 2.66. The first kappa shape index (κ1) is 22.8. The molecule has 2 fully saturated rings. The molecule has 2 heterocycles. The Morgan fingerprint density at radius 2 is 1.88 bits per heavy atom. The van der Waals surface area contributed by atoms with Gasteiger partial charge >= 0.3 is 0 Å². The average molecular weight is 452 g/mol. The molecule has 8 nitrogen and oxygen atoms in total. The molecule has 2 N–H and O–H groups in total. The van der Waals surface area contributed by atoms with Gasteiger partial charge in [0.1, 0.15) is 5.75 Å². The summed E-state index contributed by atoms with van der Waals surface area (Å²) in [6.45, 7) is 3.44. The third-order valence-electron chi connectivity index (χ3n) is 5.88. The number of carbonyl (C=O) groups excluding carboxylic acids is 3. The van der Waals surface area contributed by atoms with Gasteiger partial charge in [-0.15, -0.1) is 0 Å². The van der Waals surface area contributed by atoms with Crippen LogP contribution in [-0.4, -0.2) is 50.1 Å². The largest absolute Gasteiger partial charge is 0.484 e. The van der Waals surface area contributed by atoms with Gasteiger partial charge in [-0.3, -0.25) is 14.4 Å². The minimum atomic E-state index is -0.375. The maximum atomic E-state index is 12.5. The molecule has 3 amide bonds. The summed E-state index contributed by atoms with van der Waals surface area (Å²) in [5, 5.41) is 5.70. The zero-order valence-corrected chi connectivity index (χ0v) is 18.7.